The number of anilines is 2. The number of aryl methyl sites for hydroxylation is 1. The molecule has 0 fully saturated rings. The van der Waals surface area contributed by atoms with Crippen molar-refractivity contribution in [3.05, 3.63) is 52.0 Å². The summed E-state index contributed by atoms with van der Waals surface area (Å²) in [7, 11) is 1.48. The molecule has 2 aromatic carbocycles. The van der Waals surface area contributed by atoms with E-state index in [2.05, 4.69) is 10.6 Å². The number of hydrogen-bond acceptors (Lipinski definition) is 3. The highest BCUT2D eigenvalue weighted by Gasteiger charge is 2.13. The molecule has 2 N–H and O–H groups in total. The molecule has 0 aliphatic heterocycles. The van der Waals surface area contributed by atoms with Gasteiger partial charge in [0, 0.05) is 15.7 Å². The highest BCUT2D eigenvalue weighted by atomic mass is 35.5. The summed E-state index contributed by atoms with van der Waals surface area (Å²) in [6, 6.07) is 9.92. The number of ether oxygens (including phenoxy) is 1. The molecule has 7 heteroatoms. The average Bonchev–Trinajstić information content (AvgIpc) is 2.50. The van der Waals surface area contributed by atoms with Crippen molar-refractivity contribution in [1.82, 2.24) is 0 Å². The quantitative estimate of drug-likeness (QED) is 0.776. The topological polar surface area (TPSA) is 67.4 Å². The van der Waals surface area contributed by atoms with Gasteiger partial charge in [0.05, 0.1) is 12.8 Å². The standard InChI is InChI=1S/C17H16Cl2N2O3/c1-10-7-11(18)3-5-13(10)20-16(22)9-17(23)21-14-8-12(19)4-6-15(14)24-2/h3-8H,9H2,1-2H3,(H,20,22)(H,21,23). The van der Waals surface area contributed by atoms with Crippen LogP contribution in [0.4, 0.5) is 11.4 Å². The van der Waals surface area contributed by atoms with Crippen LogP contribution in [0.2, 0.25) is 10.0 Å². The van der Waals surface area contributed by atoms with Crippen LogP contribution in [0, 0.1) is 6.92 Å². The minimum Gasteiger partial charge on any atom is -0.495 e. The molecule has 0 heterocycles. The third kappa shape index (κ3) is 4.88. The van der Waals surface area contributed by atoms with Crippen LogP contribution in [0.5, 0.6) is 5.75 Å². The van der Waals surface area contributed by atoms with Crippen molar-refractivity contribution >= 4 is 46.4 Å². The second kappa shape index (κ2) is 8.04. The molecule has 5 nitrogen and oxygen atoms in total. The third-order valence-corrected chi connectivity index (χ3v) is 3.69. The van der Waals surface area contributed by atoms with E-state index in [4.69, 9.17) is 27.9 Å². The summed E-state index contributed by atoms with van der Waals surface area (Å²) in [6.45, 7) is 1.82. The van der Waals surface area contributed by atoms with Crippen LogP contribution < -0.4 is 15.4 Å². The van der Waals surface area contributed by atoms with Gasteiger partial charge in [-0.05, 0) is 48.9 Å². The van der Waals surface area contributed by atoms with Crippen LogP contribution in [-0.4, -0.2) is 18.9 Å². The second-order valence-electron chi connectivity index (χ2n) is 5.08. The normalized spacial score (nSPS) is 10.2. The van der Waals surface area contributed by atoms with Crippen molar-refractivity contribution in [2.24, 2.45) is 0 Å². The Morgan fingerprint density at radius 1 is 0.958 bits per heavy atom. The Hall–Kier alpha value is -2.24. The number of rotatable bonds is 5. The first-order valence-electron chi connectivity index (χ1n) is 7.08. The van der Waals surface area contributed by atoms with Gasteiger partial charge in [-0.3, -0.25) is 9.59 Å². The van der Waals surface area contributed by atoms with Crippen LogP contribution in [0.15, 0.2) is 36.4 Å². The van der Waals surface area contributed by atoms with Crippen LogP contribution in [0.1, 0.15) is 12.0 Å². The zero-order valence-electron chi connectivity index (χ0n) is 13.2. The molecule has 0 saturated heterocycles. The zero-order chi connectivity index (χ0) is 17.7. The second-order valence-corrected chi connectivity index (χ2v) is 5.95. The summed E-state index contributed by atoms with van der Waals surface area (Å²) in [5.74, 6) is -0.444. The van der Waals surface area contributed by atoms with Gasteiger partial charge < -0.3 is 15.4 Å². The van der Waals surface area contributed by atoms with E-state index in [9.17, 15) is 9.59 Å². The fourth-order valence-electron chi connectivity index (χ4n) is 2.08. The van der Waals surface area contributed by atoms with E-state index in [0.717, 1.165) is 5.56 Å². The first-order valence-corrected chi connectivity index (χ1v) is 7.84. The maximum Gasteiger partial charge on any atom is 0.233 e. The molecule has 2 rings (SSSR count). The molecular weight excluding hydrogens is 351 g/mol. The van der Waals surface area contributed by atoms with Gasteiger partial charge in [-0.25, -0.2) is 0 Å². The van der Waals surface area contributed by atoms with E-state index >= 15 is 0 Å². The van der Waals surface area contributed by atoms with Crippen LogP contribution in [0.3, 0.4) is 0 Å². The summed E-state index contributed by atoms with van der Waals surface area (Å²) in [6.07, 6.45) is -0.336. The molecule has 24 heavy (non-hydrogen) atoms. The first kappa shape index (κ1) is 18.1. The predicted molar refractivity (Wildman–Crippen MR) is 96.1 cm³/mol. The van der Waals surface area contributed by atoms with Crippen LogP contribution >= 0.6 is 23.2 Å². The van der Waals surface area contributed by atoms with Gasteiger partial charge >= 0.3 is 0 Å². The lowest BCUT2D eigenvalue weighted by molar-refractivity contribution is -0.123. The lowest BCUT2D eigenvalue weighted by Crippen LogP contribution is -2.22. The monoisotopic (exact) mass is 366 g/mol. The van der Waals surface area contributed by atoms with E-state index in [1.165, 1.54) is 7.11 Å². The summed E-state index contributed by atoms with van der Waals surface area (Å²) < 4.78 is 5.14. The van der Waals surface area contributed by atoms with Crippen molar-refractivity contribution in [3.63, 3.8) is 0 Å². The molecule has 0 saturated carbocycles. The summed E-state index contributed by atoms with van der Waals surface area (Å²) in [4.78, 5) is 24.0. The first-order chi connectivity index (χ1) is 11.4. The largest absolute Gasteiger partial charge is 0.495 e. The number of methoxy groups -OCH3 is 1. The van der Waals surface area contributed by atoms with Gasteiger partial charge in [0.1, 0.15) is 12.2 Å². The molecule has 0 aromatic heterocycles. The smallest absolute Gasteiger partial charge is 0.233 e. The maximum atomic E-state index is 12.0. The fourth-order valence-corrected chi connectivity index (χ4v) is 2.48. The van der Waals surface area contributed by atoms with Crippen LogP contribution in [0.25, 0.3) is 0 Å². The molecule has 0 spiro atoms. The Labute approximate surface area is 149 Å². The highest BCUT2D eigenvalue weighted by molar-refractivity contribution is 6.31. The van der Waals surface area contributed by atoms with Crippen molar-refractivity contribution in [2.75, 3.05) is 17.7 Å². The Bertz CT molecular complexity index is 778. The number of hydrogen-bond donors (Lipinski definition) is 2. The Balaban J connectivity index is 1.99. The number of benzene rings is 2. The summed E-state index contributed by atoms with van der Waals surface area (Å²) in [5.41, 5.74) is 1.83. The highest BCUT2D eigenvalue weighted by Crippen LogP contribution is 2.27. The average molecular weight is 367 g/mol. The van der Waals surface area contributed by atoms with E-state index < -0.39 is 11.8 Å². The van der Waals surface area contributed by atoms with Gasteiger partial charge in [0.15, 0.2) is 0 Å². The molecule has 2 amide bonds. The van der Waals surface area contributed by atoms with Gasteiger partial charge in [0.2, 0.25) is 11.8 Å². The Morgan fingerprint density at radius 2 is 1.54 bits per heavy atom. The summed E-state index contributed by atoms with van der Waals surface area (Å²) >= 11 is 11.8. The van der Waals surface area contributed by atoms with Crippen LogP contribution in [-0.2, 0) is 9.59 Å². The molecule has 2 aromatic rings. The number of nitrogens with one attached hydrogen (secondary N) is 2. The molecule has 0 radical (unpaired) electrons. The fraction of sp³-hybridized carbons (Fsp3) is 0.176. The van der Waals surface area contributed by atoms with E-state index in [0.29, 0.717) is 27.2 Å². The number of carbonyl (C=O) groups excluding carboxylic acids is 2. The molecule has 0 unspecified atom stereocenters. The van der Waals surface area contributed by atoms with E-state index in [1.807, 2.05) is 6.92 Å². The minimum absolute atomic E-state index is 0.336. The van der Waals surface area contributed by atoms with E-state index in [-0.39, 0.29) is 6.42 Å². The SMILES string of the molecule is COc1ccc(Cl)cc1NC(=O)CC(=O)Nc1ccc(Cl)cc1C. The summed E-state index contributed by atoms with van der Waals surface area (Å²) in [5, 5.41) is 6.32. The van der Waals surface area contributed by atoms with Gasteiger partial charge in [0.25, 0.3) is 0 Å². The maximum absolute atomic E-state index is 12.0. The Morgan fingerprint density at radius 3 is 2.17 bits per heavy atom. The Kier molecular flexibility index (Phi) is 6.06. The van der Waals surface area contributed by atoms with Gasteiger partial charge in [-0.15, -0.1) is 0 Å². The van der Waals surface area contributed by atoms with Gasteiger partial charge in [-0.2, -0.15) is 0 Å². The van der Waals surface area contributed by atoms with E-state index in [1.54, 1.807) is 36.4 Å². The van der Waals surface area contributed by atoms with Gasteiger partial charge in [-0.1, -0.05) is 23.2 Å². The molecular formula is C17H16Cl2N2O3. The van der Waals surface area contributed by atoms with Crippen molar-refractivity contribution in [3.8, 4) is 5.75 Å². The molecule has 0 bridgehead atoms. The number of halogens is 2. The molecule has 0 aliphatic carbocycles. The zero-order valence-corrected chi connectivity index (χ0v) is 14.7. The van der Waals surface area contributed by atoms with Crippen molar-refractivity contribution in [1.29, 1.82) is 0 Å². The predicted octanol–water partition coefficient (Wildman–Crippen LogP) is 4.28. The molecule has 126 valence electrons. The van der Waals surface area contributed by atoms with Crippen molar-refractivity contribution < 1.29 is 14.3 Å². The lowest BCUT2D eigenvalue weighted by atomic mass is 10.2. The third-order valence-electron chi connectivity index (χ3n) is 3.22. The molecule has 0 aliphatic rings. The molecule has 0 atom stereocenters. The van der Waals surface area contributed by atoms with Crippen molar-refractivity contribution in [2.45, 2.75) is 13.3 Å². The number of carbonyl (C=O) groups is 2. The lowest BCUT2D eigenvalue weighted by Gasteiger charge is -2.11. The number of amides is 2. The minimum atomic E-state index is -0.473.